The van der Waals surface area contributed by atoms with Gasteiger partial charge in [0.05, 0.1) is 12.8 Å². The van der Waals surface area contributed by atoms with E-state index in [2.05, 4.69) is 115 Å². The number of ether oxygens (including phenoxy) is 1. The molecule has 4 heteroatoms. The van der Waals surface area contributed by atoms with Crippen molar-refractivity contribution < 1.29 is 9.13 Å². The minimum absolute atomic E-state index is 0.156. The molecule has 5 rings (SSSR count). The maximum atomic E-state index is 11.0. The summed E-state index contributed by atoms with van der Waals surface area (Å²) in [5, 5.41) is 0. The molecule has 0 aromatic heterocycles. The number of hydrogen-bond acceptors (Lipinski definition) is 3. The Hall–Kier alpha value is -3.53. The predicted octanol–water partition coefficient (Wildman–Crippen LogP) is 12.8. The third-order valence-corrected chi connectivity index (χ3v) is 9.16. The SMILES string of the molecule is C=C(C)CC(C)(C)C.CCCCF.CCCN(C)c1ccc(C2=C(c3ccc(OC4CCCC4)cc3)c3ccc(N)cc3CCC2)cc1C. The average Bonchev–Trinajstić information content (AvgIpc) is 3.47. The third-order valence-electron chi connectivity index (χ3n) is 9.16. The van der Waals surface area contributed by atoms with Crippen LogP contribution in [0, 0.1) is 12.3 Å². The number of unbranched alkanes of at least 4 members (excludes halogenated alkanes) is 1. The molecule has 0 amide bonds. The van der Waals surface area contributed by atoms with Gasteiger partial charge in [-0.2, -0.15) is 0 Å². The number of nitrogen functional groups attached to an aromatic ring is 1. The summed E-state index contributed by atoms with van der Waals surface area (Å²) in [4.78, 5) is 2.36. The molecule has 2 aliphatic rings. The molecule has 0 bridgehead atoms. The number of aryl methyl sites for hydroxylation is 2. The fourth-order valence-corrected chi connectivity index (χ4v) is 7.09. The standard InChI is InChI=1S/C33H40N2O.C8H16.C4H9F/c1-4-20-35(3)32-19-14-26(21-23(32)2)30-11-7-8-25-22-27(34)15-18-31(25)33(30)24-12-16-29(17-13-24)36-28-9-5-6-10-28;1-7(2)6-8(3,4)5;1-2-3-4-5/h12-19,21-22,28H,4-11,20,34H2,1-3H3;1,6H2,2-5H3;2-4H2,1H3. The number of anilines is 2. The van der Waals surface area contributed by atoms with Crippen molar-refractivity contribution in [1.29, 1.82) is 0 Å². The maximum Gasteiger partial charge on any atom is 0.119 e. The zero-order valence-corrected chi connectivity index (χ0v) is 32.1. The minimum Gasteiger partial charge on any atom is -0.490 e. The van der Waals surface area contributed by atoms with Crippen LogP contribution in [-0.4, -0.2) is 26.4 Å². The first kappa shape index (κ1) is 39.9. The van der Waals surface area contributed by atoms with Crippen molar-refractivity contribution in [3.05, 3.63) is 101 Å². The molecule has 0 radical (unpaired) electrons. The Morgan fingerprint density at radius 2 is 1.59 bits per heavy atom. The zero-order chi connectivity index (χ0) is 36.0. The van der Waals surface area contributed by atoms with Crippen molar-refractivity contribution in [1.82, 2.24) is 0 Å². The van der Waals surface area contributed by atoms with Crippen molar-refractivity contribution in [2.45, 2.75) is 125 Å². The molecule has 0 saturated heterocycles. The average molecular weight is 669 g/mol. The Balaban J connectivity index is 0.000000426. The molecule has 3 aromatic carbocycles. The Morgan fingerprint density at radius 1 is 0.918 bits per heavy atom. The van der Waals surface area contributed by atoms with Crippen LogP contribution >= 0.6 is 0 Å². The van der Waals surface area contributed by atoms with Crippen LogP contribution in [0.3, 0.4) is 0 Å². The molecule has 0 heterocycles. The van der Waals surface area contributed by atoms with E-state index in [1.807, 2.05) is 13.0 Å². The third kappa shape index (κ3) is 12.7. The van der Waals surface area contributed by atoms with Crippen LogP contribution in [0.15, 0.2) is 72.8 Å². The number of benzene rings is 3. The summed E-state index contributed by atoms with van der Waals surface area (Å²) in [6.07, 6.45) is 12.5. The molecule has 2 N–H and O–H groups in total. The van der Waals surface area contributed by atoms with Crippen molar-refractivity contribution in [2.24, 2.45) is 5.41 Å². The van der Waals surface area contributed by atoms with Crippen LogP contribution in [0.25, 0.3) is 11.1 Å². The van der Waals surface area contributed by atoms with Crippen molar-refractivity contribution in [2.75, 3.05) is 30.9 Å². The highest BCUT2D eigenvalue weighted by atomic mass is 19.1. The fourth-order valence-electron chi connectivity index (χ4n) is 7.09. The van der Waals surface area contributed by atoms with Gasteiger partial charge in [0, 0.05) is 25.0 Å². The van der Waals surface area contributed by atoms with E-state index in [0.29, 0.717) is 11.5 Å². The van der Waals surface area contributed by atoms with Gasteiger partial charge in [-0.1, -0.05) is 70.9 Å². The molecule has 49 heavy (non-hydrogen) atoms. The van der Waals surface area contributed by atoms with Gasteiger partial charge in [0.2, 0.25) is 0 Å². The maximum absolute atomic E-state index is 11.0. The van der Waals surface area contributed by atoms with E-state index in [1.165, 1.54) is 75.9 Å². The van der Waals surface area contributed by atoms with Crippen molar-refractivity contribution in [3.63, 3.8) is 0 Å². The summed E-state index contributed by atoms with van der Waals surface area (Å²) in [7, 11) is 2.19. The second-order valence-electron chi connectivity index (χ2n) is 15.3. The van der Waals surface area contributed by atoms with Crippen LogP contribution in [0.4, 0.5) is 15.8 Å². The van der Waals surface area contributed by atoms with E-state index in [9.17, 15) is 4.39 Å². The van der Waals surface area contributed by atoms with E-state index in [1.54, 1.807) is 0 Å². The number of alkyl halides is 1. The number of halogens is 1. The van der Waals surface area contributed by atoms with Gasteiger partial charge in [0.1, 0.15) is 5.75 Å². The molecular formula is C45H65FN2O. The number of nitrogens with zero attached hydrogens (tertiary/aromatic N) is 1. The van der Waals surface area contributed by atoms with E-state index in [0.717, 1.165) is 62.9 Å². The molecule has 0 aliphatic heterocycles. The van der Waals surface area contributed by atoms with Gasteiger partial charge in [0.15, 0.2) is 0 Å². The summed E-state index contributed by atoms with van der Waals surface area (Å²) < 4.78 is 17.3. The number of hydrogen-bond donors (Lipinski definition) is 1. The summed E-state index contributed by atoms with van der Waals surface area (Å²) in [6.45, 7) is 19.9. The lowest BCUT2D eigenvalue weighted by atomic mass is 9.87. The molecule has 0 unspecified atom stereocenters. The Kier molecular flexibility index (Phi) is 16.0. The van der Waals surface area contributed by atoms with Crippen molar-refractivity contribution in [3.8, 4) is 5.75 Å². The van der Waals surface area contributed by atoms with Crippen molar-refractivity contribution >= 4 is 22.5 Å². The van der Waals surface area contributed by atoms with Gasteiger partial charge in [-0.05, 0) is 159 Å². The number of fused-ring (bicyclic) bond motifs is 1. The first-order chi connectivity index (χ1) is 23.4. The summed E-state index contributed by atoms with van der Waals surface area (Å²) in [5.74, 6) is 0.984. The van der Waals surface area contributed by atoms with Crippen LogP contribution < -0.4 is 15.4 Å². The minimum atomic E-state index is -0.156. The van der Waals surface area contributed by atoms with Gasteiger partial charge < -0.3 is 15.4 Å². The summed E-state index contributed by atoms with van der Waals surface area (Å²) in [6, 6.07) is 22.3. The van der Waals surface area contributed by atoms with Gasteiger partial charge in [0.25, 0.3) is 0 Å². The molecule has 0 atom stereocenters. The molecule has 2 aliphatic carbocycles. The van der Waals surface area contributed by atoms with E-state index < -0.39 is 0 Å². The highest BCUT2D eigenvalue weighted by Crippen LogP contribution is 2.41. The molecule has 1 fully saturated rings. The lowest BCUT2D eigenvalue weighted by Gasteiger charge is -2.22. The van der Waals surface area contributed by atoms with E-state index in [-0.39, 0.29) is 6.67 Å². The van der Waals surface area contributed by atoms with Crippen LogP contribution in [-0.2, 0) is 6.42 Å². The predicted molar refractivity (Wildman–Crippen MR) is 214 cm³/mol. The smallest absolute Gasteiger partial charge is 0.119 e. The zero-order valence-electron chi connectivity index (χ0n) is 32.1. The molecular weight excluding hydrogens is 604 g/mol. The molecule has 1 saturated carbocycles. The molecule has 0 spiro atoms. The van der Waals surface area contributed by atoms with Crippen LogP contribution in [0.1, 0.15) is 134 Å². The lowest BCUT2D eigenvalue weighted by Crippen LogP contribution is -2.18. The summed E-state index contributed by atoms with van der Waals surface area (Å²) >= 11 is 0. The second kappa shape index (κ2) is 19.6. The number of rotatable bonds is 10. The molecule has 3 nitrogen and oxygen atoms in total. The fraction of sp³-hybridized carbons (Fsp3) is 0.511. The highest BCUT2D eigenvalue weighted by molar-refractivity contribution is 6.00. The monoisotopic (exact) mass is 669 g/mol. The quantitative estimate of drug-likeness (QED) is 0.173. The Bertz CT molecular complexity index is 1490. The first-order valence-corrected chi connectivity index (χ1v) is 18.8. The van der Waals surface area contributed by atoms with Crippen LogP contribution in [0.5, 0.6) is 5.75 Å². The second-order valence-corrected chi connectivity index (χ2v) is 15.3. The van der Waals surface area contributed by atoms with Gasteiger partial charge in [-0.25, -0.2) is 0 Å². The first-order valence-electron chi connectivity index (χ1n) is 18.8. The van der Waals surface area contributed by atoms with Gasteiger partial charge in [-0.15, -0.1) is 6.58 Å². The number of allylic oxidation sites excluding steroid dienone is 2. The van der Waals surface area contributed by atoms with Gasteiger partial charge in [-0.3, -0.25) is 4.39 Å². The Morgan fingerprint density at radius 3 is 2.12 bits per heavy atom. The van der Waals surface area contributed by atoms with Crippen LogP contribution in [0.2, 0.25) is 0 Å². The summed E-state index contributed by atoms with van der Waals surface area (Å²) in [5.41, 5.74) is 19.4. The lowest BCUT2D eigenvalue weighted by molar-refractivity contribution is 0.210. The molecule has 3 aromatic rings. The molecule has 268 valence electrons. The highest BCUT2D eigenvalue weighted by Gasteiger charge is 2.22. The van der Waals surface area contributed by atoms with E-state index in [4.69, 9.17) is 10.5 Å². The topological polar surface area (TPSA) is 38.5 Å². The Labute approximate surface area is 298 Å². The largest absolute Gasteiger partial charge is 0.490 e. The van der Waals surface area contributed by atoms with E-state index >= 15 is 0 Å². The normalized spacial score (nSPS) is 14.6. The van der Waals surface area contributed by atoms with Gasteiger partial charge >= 0.3 is 0 Å². The number of nitrogens with two attached hydrogens (primary N) is 1.